The largest absolute Gasteiger partial charge is 0.371 e. The predicted molar refractivity (Wildman–Crippen MR) is 142 cm³/mol. The summed E-state index contributed by atoms with van der Waals surface area (Å²) in [4.78, 5) is 23.3. The number of carbonyl (C=O) groups is 1. The summed E-state index contributed by atoms with van der Waals surface area (Å²) < 4.78 is 25.6. The van der Waals surface area contributed by atoms with Gasteiger partial charge < -0.3 is 21.3 Å². The van der Waals surface area contributed by atoms with Gasteiger partial charge in [-0.2, -0.15) is 0 Å². The first-order chi connectivity index (χ1) is 17.2. The third kappa shape index (κ3) is 6.56. The Balaban J connectivity index is 1.41. The molecule has 1 aromatic heterocycles. The molecule has 1 aliphatic rings. The van der Waals surface area contributed by atoms with Crippen LogP contribution in [0.2, 0.25) is 0 Å². The molecule has 0 radical (unpaired) electrons. The molecule has 0 aliphatic carbocycles. The lowest BCUT2D eigenvalue weighted by molar-refractivity contribution is 0.0955. The Hall–Kier alpha value is -3.54. The summed E-state index contributed by atoms with van der Waals surface area (Å²) in [6.07, 6.45) is 4.51. The van der Waals surface area contributed by atoms with E-state index >= 15 is 0 Å². The second-order valence-electron chi connectivity index (χ2n) is 8.84. The standard InChI is InChI=1S/C25H31N7O3S/c1-17-15-27-25(30-23(17)18-3-5-19(6-4-18)24(33)28-16-26)29-20-7-9-22(10-8-20)32-13-11-21(12-14-32)31-36(2,34)35/h3-10,15,21,31H,11-14,16,26H2,1-2H3,(H,28,33)(H,27,29,30). The number of carbonyl (C=O) groups excluding carboxylic acids is 1. The van der Waals surface area contributed by atoms with Crippen LogP contribution in [-0.4, -0.2) is 56.3 Å². The highest BCUT2D eigenvalue weighted by Gasteiger charge is 2.21. The van der Waals surface area contributed by atoms with Gasteiger partial charge in [0.2, 0.25) is 16.0 Å². The second-order valence-corrected chi connectivity index (χ2v) is 10.6. The molecule has 0 saturated carbocycles. The summed E-state index contributed by atoms with van der Waals surface area (Å²) in [6.45, 7) is 3.61. The third-order valence-electron chi connectivity index (χ3n) is 6.02. The van der Waals surface area contributed by atoms with E-state index in [1.165, 1.54) is 6.26 Å². The van der Waals surface area contributed by atoms with Crippen molar-refractivity contribution < 1.29 is 13.2 Å². The van der Waals surface area contributed by atoms with Gasteiger partial charge in [0.1, 0.15) is 0 Å². The van der Waals surface area contributed by atoms with Gasteiger partial charge in [-0.15, -0.1) is 0 Å². The second kappa shape index (κ2) is 11.0. The smallest absolute Gasteiger partial charge is 0.252 e. The van der Waals surface area contributed by atoms with Gasteiger partial charge in [-0.05, 0) is 61.7 Å². The lowest BCUT2D eigenvalue weighted by Crippen LogP contribution is -2.44. The molecule has 11 heteroatoms. The highest BCUT2D eigenvalue weighted by atomic mass is 32.2. The van der Waals surface area contributed by atoms with E-state index in [0.29, 0.717) is 11.5 Å². The fourth-order valence-electron chi connectivity index (χ4n) is 4.21. The average Bonchev–Trinajstić information content (AvgIpc) is 2.85. The summed E-state index contributed by atoms with van der Waals surface area (Å²) in [5.74, 6) is 0.255. The predicted octanol–water partition coefficient (Wildman–Crippen LogP) is 2.36. The zero-order valence-electron chi connectivity index (χ0n) is 20.4. The van der Waals surface area contributed by atoms with E-state index in [0.717, 1.165) is 54.1 Å². The minimum Gasteiger partial charge on any atom is -0.371 e. The molecule has 0 unspecified atom stereocenters. The topological polar surface area (TPSA) is 142 Å². The van der Waals surface area contributed by atoms with E-state index in [2.05, 4.69) is 30.2 Å². The number of sulfonamides is 1. The normalized spacial score (nSPS) is 14.5. The molecule has 190 valence electrons. The van der Waals surface area contributed by atoms with Crippen LogP contribution in [0.1, 0.15) is 28.8 Å². The summed E-state index contributed by atoms with van der Waals surface area (Å²) >= 11 is 0. The highest BCUT2D eigenvalue weighted by molar-refractivity contribution is 7.88. The minimum atomic E-state index is -3.18. The maximum atomic E-state index is 12.0. The van der Waals surface area contributed by atoms with Gasteiger partial charge in [0.25, 0.3) is 5.91 Å². The molecular formula is C25H31N7O3S. The monoisotopic (exact) mass is 509 g/mol. The van der Waals surface area contributed by atoms with Crippen LogP contribution in [0.4, 0.5) is 17.3 Å². The number of aryl methyl sites for hydroxylation is 1. The van der Waals surface area contributed by atoms with Crippen LogP contribution >= 0.6 is 0 Å². The van der Waals surface area contributed by atoms with Crippen LogP contribution in [0.5, 0.6) is 0 Å². The van der Waals surface area contributed by atoms with Gasteiger partial charge in [-0.3, -0.25) is 4.79 Å². The number of nitrogens with two attached hydrogens (primary N) is 1. The van der Waals surface area contributed by atoms with Crippen LogP contribution in [0.25, 0.3) is 11.3 Å². The molecule has 36 heavy (non-hydrogen) atoms. The Morgan fingerprint density at radius 3 is 2.36 bits per heavy atom. The lowest BCUT2D eigenvalue weighted by atomic mass is 10.1. The van der Waals surface area contributed by atoms with Gasteiger partial charge in [-0.1, -0.05) is 12.1 Å². The fourth-order valence-corrected chi connectivity index (χ4v) is 5.05. The zero-order valence-corrected chi connectivity index (χ0v) is 21.2. The lowest BCUT2D eigenvalue weighted by Gasteiger charge is -2.33. The Morgan fingerprint density at radius 1 is 1.08 bits per heavy atom. The SMILES string of the molecule is Cc1cnc(Nc2ccc(N3CCC(NS(C)(=O)=O)CC3)cc2)nc1-c1ccc(C(=O)NCN)cc1. The summed E-state index contributed by atoms with van der Waals surface area (Å²) in [7, 11) is -3.18. The number of hydrogen-bond donors (Lipinski definition) is 4. The first-order valence-corrected chi connectivity index (χ1v) is 13.6. The van der Waals surface area contributed by atoms with Crippen molar-refractivity contribution in [2.45, 2.75) is 25.8 Å². The van der Waals surface area contributed by atoms with Crippen molar-refractivity contribution in [2.24, 2.45) is 5.73 Å². The maximum absolute atomic E-state index is 12.0. The number of anilines is 3. The molecule has 4 rings (SSSR count). The van der Waals surface area contributed by atoms with E-state index in [-0.39, 0.29) is 18.6 Å². The average molecular weight is 510 g/mol. The molecule has 0 spiro atoms. The Kier molecular flexibility index (Phi) is 7.82. The van der Waals surface area contributed by atoms with Crippen molar-refractivity contribution >= 4 is 33.3 Å². The van der Waals surface area contributed by atoms with E-state index < -0.39 is 10.0 Å². The number of aromatic nitrogens is 2. The van der Waals surface area contributed by atoms with E-state index in [1.54, 1.807) is 18.3 Å². The van der Waals surface area contributed by atoms with E-state index in [1.807, 2.05) is 43.3 Å². The molecular weight excluding hydrogens is 478 g/mol. The number of piperidine rings is 1. The third-order valence-corrected chi connectivity index (χ3v) is 6.78. The molecule has 1 aliphatic heterocycles. The number of rotatable bonds is 8. The molecule has 2 aromatic carbocycles. The quantitative estimate of drug-likeness (QED) is 0.339. The van der Waals surface area contributed by atoms with E-state index in [4.69, 9.17) is 5.73 Å². The molecule has 0 atom stereocenters. The first-order valence-electron chi connectivity index (χ1n) is 11.7. The number of nitrogens with zero attached hydrogens (tertiary/aromatic N) is 3. The van der Waals surface area contributed by atoms with Crippen molar-refractivity contribution in [2.75, 3.05) is 36.2 Å². The number of hydrogen-bond acceptors (Lipinski definition) is 8. The Morgan fingerprint density at radius 2 is 1.75 bits per heavy atom. The van der Waals surface area contributed by atoms with Gasteiger partial charge in [0.15, 0.2) is 0 Å². The summed E-state index contributed by atoms with van der Waals surface area (Å²) in [5, 5.41) is 5.83. The number of amides is 1. The van der Waals surface area contributed by atoms with Gasteiger partial charge in [-0.25, -0.2) is 23.1 Å². The molecule has 0 bridgehead atoms. The van der Waals surface area contributed by atoms with E-state index in [9.17, 15) is 13.2 Å². The van der Waals surface area contributed by atoms with Crippen LogP contribution < -0.4 is 26.0 Å². The molecule has 1 fully saturated rings. The Bertz CT molecular complexity index is 1300. The molecule has 2 heterocycles. The van der Waals surface area contributed by atoms with Crippen LogP contribution in [0.15, 0.2) is 54.7 Å². The van der Waals surface area contributed by atoms with Crippen molar-refractivity contribution in [3.05, 3.63) is 65.9 Å². The van der Waals surface area contributed by atoms with Crippen molar-refractivity contribution in [1.29, 1.82) is 0 Å². The van der Waals surface area contributed by atoms with Gasteiger partial charge in [0, 0.05) is 47.8 Å². The molecule has 1 saturated heterocycles. The zero-order chi connectivity index (χ0) is 25.7. The molecule has 5 N–H and O–H groups in total. The number of nitrogens with one attached hydrogen (secondary N) is 3. The van der Waals surface area contributed by atoms with Crippen molar-refractivity contribution in [3.63, 3.8) is 0 Å². The minimum absolute atomic E-state index is 0.00984. The van der Waals surface area contributed by atoms with Gasteiger partial charge >= 0.3 is 0 Å². The molecule has 3 aromatic rings. The maximum Gasteiger partial charge on any atom is 0.252 e. The molecule has 1 amide bonds. The van der Waals surface area contributed by atoms with Crippen molar-refractivity contribution in [1.82, 2.24) is 20.0 Å². The Labute approximate surface area is 211 Å². The molecule has 10 nitrogen and oxygen atoms in total. The fraction of sp³-hybridized carbons (Fsp3) is 0.320. The summed E-state index contributed by atoms with van der Waals surface area (Å²) in [5.41, 5.74) is 10.4. The van der Waals surface area contributed by atoms with Gasteiger partial charge in [0.05, 0.1) is 18.6 Å². The first kappa shape index (κ1) is 25.5. The number of benzene rings is 2. The van der Waals surface area contributed by atoms with Crippen LogP contribution in [0, 0.1) is 6.92 Å². The van der Waals surface area contributed by atoms with Crippen LogP contribution in [0.3, 0.4) is 0 Å². The van der Waals surface area contributed by atoms with Crippen molar-refractivity contribution in [3.8, 4) is 11.3 Å². The highest BCUT2D eigenvalue weighted by Crippen LogP contribution is 2.26. The summed E-state index contributed by atoms with van der Waals surface area (Å²) in [6, 6.07) is 15.2. The van der Waals surface area contributed by atoms with Crippen LogP contribution in [-0.2, 0) is 10.0 Å².